The fraction of sp³-hybridized carbons (Fsp3) is 0.611. The number of fused-ring (bicyclic) bond motifs is 1. The van der Waals surface area contributed by atoms with Gasteiger partial charge in [0.2, 0.25) is 6.10 Å². The van der Waals surface area contributed by atoms with Crippen molar-refractivity contribution >= 4 is 5.91 Å². The van der Waals surface area contributed by atoms with E-state index in [1.165, 1.54) is 25.7 Å². The third-order valence-electron chi connectivity index (χ3n) is 4.69. The predicted molar refractivity (Wildman–Crippen MR) is 85.1 cm³/mol. The number of benzene rings is 1. The highest BCUT2D eigenvalue weighted by Gasteiger charge is 2.30. The molecule has 1 unspecified atom stereocenters. The Hall–Kier alpha value is -1.71. The van der Waals surface area contributed by atoms with Gasteiger partial charge >= 0.3 is 0 Å². The zero-order valence-corrected chi connectivity index (χ0v) is 13.2. The molecule has 0 bridgehead atoms. The zero-order chi connectivity index (χ0) is 15.4. The molecule has 22 heavy (non-hydrogen) atoms. The summed E-state index contributed by atoms with van der Waals surface area (Å²) in [5, 5.41) is 3.14. The number of hydrogen-bond acceptors (Lipinski definition) is 3. The molecule has 0 aromatic heterocycles. The van der Waals surface area contributed by atoms with E-state index in [4.69, 9.17) is 9.47 Å². The Balaban J connectivity index is 1.49. The molecule has 4 nitrogen and oxygen atoms in total. The van der Waals surface area contributed by atoms with Crippen LogP contribution in [-0.2, 0) is 4.79 Å². The molecule has 1 aromatic carbocycles. The summed E-state index contributed by atoms with van der Waals surface area (Å²) in [5.41, 5.74) is 0. The molecule has 2 aliphatic rings. The van der Waals surface area contributed by atoms with E-state index >= 15 is 0 Å². The maximum absolute atomic E-state index is 12.4. The van der Waals surface area contributed by atoms with Crippen molar-refractivity contribution in [2.24, 2.45) is 5.92 Å². The molecule has 3 rings (SSSR count). The Labute approximate surface area is 132 Å². The molecule has 1 saturated carbocycles. The minimum Gasteiger partial charge on any atom is -0.485 e. The van der Waals surface area contributed by atoms with Gasteiger partial charge in [0, 0.05) is 6.04 Å². The Kier molecular flexibility index (Phi) is 4.86. The average Bonchev–Trinajstić information content (AvgIpc) is 2.56. The van der Waals surface area contributed by atoms with Crippen LogP contribution in [0, 0.1) is 5.92 Å². The van der Waals surface area contributed by atoms with Gasteiger partial charge in [0.25, 0.3) is 5.91 Å². The maximum atomic E-state index is 12.4. The third-order valence-corrected chi connectivity index (χ3v) is 4.69. The van der Waals surface area contributed by atoms with Gasteiger partial charge < -0.3 is 14.8 Å². The first-order valence-corrected chi connectivity index (χ1v) is 8.45. The van der Waals surface area contributed by atoms with Crippen molar-refractivity contribution in [1.29, 1.82) is 0 Å². The van der Waals surface area contributed by atoms with E-state index in [1.807, 2.05) is 24.3 Å². The summed E-state index contributed by atoms with van der Waals surface area (Å²) in [4.78, 5) is 12.4. The minimum atomic E-state index is -0.539. The normalized spacial score (nSPS) is 27.2. The number of ether oxygens (including phenoxy) is 2. The van der Waals surface area contributed by atoms with Crippen LogP contribution in [0.5, 0.6) is 11.5 Å². The van der Waals surface area contributed by atoms with Gasteiger partial charge in [0.15, 0.2) is 11.5 Å². The molecule has 0 spiro atoms. The summed E-state index contributed by atoms with van der Waals surface area (Å²) in [7, 11) is 0. The summed E-state index contributed by atoms with van der Waals surface area (Å²) in [6.07, 6.45) is 6.66. The van der Waals surface area contributed by atoms with E-state index in [0.717, 1.165) is 18.8 Å². The first-order chi connectivity index (χ1) is 10.8. The number of carbonyl (C=O) groups is 1. The second-order valence-corrected chi connectivity index (χ2v) is 6.38. The van der Waals surface area contributed by atoms with Crippen LogP contribution in [0.15, 0.2) is 24.3 Å². The lowest BCUT2D eigenvalue weighted by Crippen LogP contribution is -2.48. The Morgan fingerprint density at radius 1 is 1.18 bits per heavy atom. The number of rotatable bonds is 4. The van der Waals surface area contributed by atoms with E-state index < -0.39 is 6.10 Å². The van der Waals surface area contributed by atoms with Crippen molar-refractivity contribution in [3.63, 3.8) is 0 Å². The van der Waals surface area contributed by atoms with Crippen LogP contribution in [0.3, 0.4) is 0 Å². The molecule has 0 radical (unpaired) electrons. The van der Waals surface area contributed by atoms with Gasteiger partial charge in [-0.3, -0.25) is 4.79 Å². The van der Waals surface area contributed by atoms with Crippen LogP contribution in [0.25, 0.3) is 0 Å². The van der Waals surface area contributed by atoms with Gasteiger partial charge in [-0.2, -0.15) is 0 Å². The fourth-order valence-corrected chi connectivity index (χ4v) is 3.45. The molecular formula is C18H25NO3. The van der Waals surface area contributed by atoms with Gasteiger partial charge in [-0.25, -0.2) is 0 Å². The van der Waals surface area contributed by atoms with Crippen LogP contribution in [0.2, 0.25) is 0 Å². The van der Waals surface area contributed by atoms with Crippen LogP contribution >= 0.6 is 0 Å². The number of carbonyl (C=O) groups excluding carboxylic acids is 1. The largest absolute Gasteiger partial charge is 0.485 e. The molecule has 1 aromatic rings. The van der Waals surface area contributed by atoms with E-state index in [9.17, 15) is 4.79 Å². The number of para-hydroxylation sites is 2. The molecule has 4 heteroatoms. The lowest BCUT2D eigenvalue weighted by Gasteiger charge is -2.31. The molecule has 1 amide bonds. The summed E-state index contributed by atoms with van der Waals surface area (Å²) in [6.45, 7) is 2.53. The Morgan fingerprint density at radius 2 is 1.91 bits per heavy atom. The van der Waals surface area contributed by atoms with Gasteiger partial charge in [-0.1, -0.05) is 31.9 Å². The van der Waals surface area contributed by atoms with Gasteiger partial charge in [0.05, 0.1) is 0 Å². The first-order valence-electron chi connectivity index (χ1n) is 8.45. The quantitative estimate of drug-likeness (QED) is 0.928. The summed E-state index contributed by atoms with van der Waals surface area (Å²) in [6, 6.07) is 7.78. The molecule has 1 aliphatic carbocycles. The van der Waals surface area contributed by atoms with Crippen molar-refractivity contribution in [3.8, 4) is 11.5 Å². The fourth-order valence-electron chi connectivity index (χ4n) is 3.45. The minimum absolute atomic E-state index is 0.0477. The Morgan fingerprint density at radius 3 is 2.64 bits per heavy atom. The summed E-state index contributed by atoms with van der Waals surface area (Å²) in [5.74, 6) is 2.17. The zero-order valence-electron chi connectivity index (χ0n) is 13.2. The van der Waals surface area contributed by atoms with Crippen LogP contribution in [-0.4, -0.2) is 24.7 Å². The van der Waals surface area contributed by atoms with Crippen LogP contribution < -0.4 is 14.8 Å². The van der Waals surface area contributed by atoms with Crippen molar-refractivity contribution in [2.75, 3.05) is 6.61 Å². The molecule has 1 fully saturated rings. The maximum Gasteiger partial charge on any atom is 0.264 e. The number of hydrogen-bond donors (Lipinski definition) is 1. The third kappa shape index (κ3) is 3.54. The SMILES string of the molecule is CCCC1CCC(NC(=O)C2COc3ccccc3O2)CC1. The molecule has 1 aliphatic heterocycles. The van der Waals surface area contributed by atoms with Gasteiger partial charge in [-0.15, -0.1) is 0 Å². The number of nitrogens with one attached hydrogen (secondary N) is 1. The second-order valence-electron chi connectivity index (χ2n) is 6.38. The van der Waals surface area contributed by atoms with E-state index in [2.05, 4.69) is 12.2 Å². The highest BCUT2D eigenvalue weighted by molar-refractivity contribution is 5.82. The molecule has 1 heterocycles. The van der Waals surface area contributed by atoms with E-state index in [-0.39, 0.29) is 12.5 Å². The highest BCUT2D eigenvalue weighted by Crippen LogP contribution is 2.31. The Bertz CT molecular complexity index is 509. The lowest BCUT2D eigenvalue weighted by molar-refractivity contribution is -0.131. The molecular weight excluding hydrogens is 278 g/mol. The second kappa shape index (κ2) is 7.03. The van der Waals surface area contributed by atoms with Crippen LogP contribution in [0.1, 0.15) is 45.4 Å². The predicted octanol–water partition coefficient (Wildman–Crippen LogP) is 3.30. The van der Waals surface area contributed by atoms with Gasteiger partial charge in [-0.05, 0) is 43.7 Å². The molecule has 120 valence electrons. The van der Waals surface area contributed by atoms with Crippen molar-refractivity contribution in [3.05, 3.63) is 24.3 Å². The summed E-state index contributed by atoms with van der Waals surface area (Å²) < 4.78 is 11.4. The molecule has 0 saturated heterocycles. The van der Waals surface area contributed by atoms with Crippen molar-refractivity contribution in [2.45, 2.75) is 57.6 Å². The standard InChI is InChI=1S/C18H25NO3/c1-2-5-13-8-10-14(11-9-13)19-18(20)17-12-21-15-6-3-4-7-16(15)22-17/h3-4,6-7,13-14,17H,2,5,8-12H2,1H3,(H,19,20). The van der Waals surface area contributed by atoms with E-state index in [0.29, 0.717) is 17.5 Å². The van der Waals surface area contributed by atoms with Crippen molar-refractivity contribution < 1.29 is 14.3 Å². The highest BCUT2D eigenvalue weighted by atomic mass is 16.6. The number of amides is 1. The smallest absolute Gasteiger partial charge is 0.264 e. The van der Waals surface area contributed by atoms with Crippen LogP contribution in [0.4, 0.5) is 0 Å². The first kappa shape index (κ1) is 15.2. The van der Waals surface area contributed by atoms with Crippen molar-refractivity contribution in [1.82, 2.24) is 5.32 Å². The molecule has 1 N–H and O–H groups in total. The topological polar surface area (TPSA) is 47.6 Å². The monoisotopic (exact) mass is 303 g/mol. The average molecular weight is 303 g/mol. The lowest BCUT2D eigenvalue weighted by atomic mass is 9.83. The van der Waals surface area contributed by atoms with Gasteiger partial charge in [0.1, 0.15) is 6.61 Å². The summed E-state index contributed by atoms with van der Waals surface area (Å²) >= 11 is 0. The molecule has 1 atom stereocenters. The van der Waals surface area contributed by atoms with E-state index in [1.54, 1.807) is 0 Å².